The molecule has 2 aromatic heterocycles. The summed E-state index contributed by atoms with van der Waals surface area (Å²) in [4.78, 5) is 8.41. The van der Waals surface area contributed by atoms with Crippen LogP contribution in [0.5, 0.6) is 0 Å². The Balaban J connectivity index is 0.000000142. The summed E-state index contributed by atoms with van der Waals surface area (Å²) in [6.45, 7) is 45.3. The zero-order valence-corrected chi connectivity index (χ0v) is 84.7. The fraction of sp³-hybridized carbons (Fsp3) is 0.293. The molecule has 10 heteroatoms. The second-order valence-electron chi connectivity index (χ2n) is 36.3. The van der Waals surface area contributed by atoms with E-state index in [-0.39, 0.29) is 11.6 Å². The predicted octanol–water partition coefficient (Wildman–Crippen LogP) is 36.3. The van der Waals surface area contributed by atoms with E-state index in [9.17, 15) is 14.0 Å². The van der Waals surface area contributed by atoms with Crippen LogP contribution in [0.3, 0.4) is 0 Å². The number of unbranched alkanes of at least 4 members (excludes halogenated alkanes) is 6. The Labute approximate surface area is 776 Å². The molecule has 0 bridgehead atoms. The zero-order valence-electron chi connectivity index (χ0n) is 76.1. The van der Waals surface area contributed by atoms with Gasteiger partial charge in [0.25, 0.3) is 0 Å². The third-order valence-corrected chi connectivity index (χ3v) is 44.6. The average Bonchev–Trinajstić information content (AvgIpc) is 1.03. The van der Waals surface area contributed by atoms with E-state index in [0.29, 0.717) is 73.5 Å². The van der Waals surface area contributed by atoms with Gasteiger partial charge in [-0.15, -0.1) is 0 Å². The molecule has 126 heavy (non-hydrogen) atoms. The molecule has 2 heterocycles. The van der Waals surface area contributed by atoms with E-state index in [4.69, 9.17) is 6.57 Å². The van der Waals surface area contributed by atoms with Crippen molar-refractivity contribution < 1.29 is 8.78 Å². The Morgan fingerprint density at radius 3 is 1.10 bits per heavy atom. The molecule has 15 aromatic carbocycles. The van der Waals surface area contributed by atoms with Crippen molar-refractivity contribution in [1.82, 2.24) is 0 Å². The molecular formula is C116H116Br2F2N2Se2Si2. The minimum atomic E-state index is -1.92. The summed E-state index contributed by atoms with van der Waals surface area (Å²) in [6.07, 6.45) is 21.8. The van der Waals surface area contributed by atoms with Gasteiger partial charge in [-0.25, -0.2) is 13.6 Å². The van der Waals surface area contributed by atoms with Crippen LogP contribution in [0.15, 0.2) is 225 Å². The smallest absolute Gasteiger partial charge is 0.187 e. The Morgan fingerprint density at radius 1 is 0.373 bits per heavy atom. The van der Waals surface area contributed by atoms with Gasteiger partial charge in [-0.1, -0.05) is 157 Å². The van der Waals surface area contributed by atoms with Gasteiger partial charge in [-0.05, 0) is 281 Å². The van der Waals surface area contributed by atoms with Crippen LogP contribution in [0, 0.1) is 52.5 Å². The molecule has 0 saturated carbocycles. The molecule has 0 aliphatic heterocycles. The third-order valence-electron chi connectivity index (χ3n) is 26.7. The van der Waals surface area contributed by atoms with Crippen LogP contribution in [-0.2, 0) is 12.8 Å². The molecular weight excluding hydrogens is 1830 g/mol. The molecule has 0 N–H and O–H groups in total. The second kappa shape index (κ2) is 40.9. The Bertz CT molecular complexity index is 6680. The molecule has 17 rings (SSSR count). The number of halogens is 4. The van der Waals surface area contributed by atoms with Crippen molar-refractivity contribution in [3.05, 3.63) is 287 Å². The summed E-state index contributed by atoms with van der Waals surface area (Å²) < 4.78 is 33.9. The van der Waals surface area contributed by atoms with Gasteiger partial charge in [-0.2, -0.15) is 5.26 Å². The summed E-state index contributed by atoms with van der Waals surface area (Å²) in [5.41, 5.74) is 20.2. The maximum atomic E-state index is 14.3. The minimum absolute atomic E-state index is 0.169. The van der Waals surface area contributed by atoms with Gasteiger partial charge < -0.3 is 0 Å². The van der Waals surface area contributed by atoms with Crippen LogP contribution in [0.1, 0.15) is 214 Å². The first-order valence-electron chi connectivity index (χ1n) is 45.7. The van der Waals surface area contributed by atoms with E-state index >= 15 is 0 Å². The van der Waals surface area contributed by atoms with E-state index in [1.165, 1.54) is 130 Å². The van der Waals surface area contributed by atoms with Crippen molar-refractivity contribution in [3.63, 3.8) is 0 Å². The van der Waals surface area contributed by atoms with Gasteiger partial charge in [0.15, 0.2) is 5.69 Å². The minimum Gasteiger partial charge on any atom is -0.238 e. The number of nitriles is 1. The largest absolute Gasteiger partial charge is 0.238 e. The van der Waals surface area contributed by atoms with Crippen LogP contribution in [0.2, 0.25) is 33.2 Å². The first-order valence-corrected chi connectivity index (χ1v) is 55.4. The van der Waals surface area contributed by atoms with Gasteiger partial charge >= 0.3 is 283 Å². The molecule has 638 valence electrons. The molecule has 17 aromatic rings. The van der Waals surface area contributed by atoms with E-state index in [1.54, 1.807) is 24.3 Å². The number of aryl methyl sites for hydroxylation is 2. The monoisotopic (exact) mass is 1950 g/mol. The maximum absolute atomic E-state index is 14.3. The van der Waals surface area contributed by atoms with Gasteiger partial charge in [0.05, 0.1) is 18.2 Å². The third kappa shape index (κ3) is 19.0. The summed E-state index contributed by atoms with van der Waals surface area (Å²) in [5, 5.41) is 38.0. The summed E-state index contributed by atoms with van der Waals surface area (Å²) in [6, 6.07) is 69.7. The van der Waals surface area contributed by atoms with E-state index in [0.717, 1.165) is 127 Å². The second-order valence-corrected chi connectivity index (χ2v) is 53.1. The first kappa shape index (κ1) is 92.7. The molecule has 0 spiro atoms. The normalized spacial score (nSPS) is 12.1. The van der Waals surface area contributed by atoms with Crippen molar-refractivity contribution in [1.29, 1.82) is 5.26 Å². The molecule has 0 saturated heterocycles. The van der Waals surface area contributed by atoms with Gasteiger partial charge in [0, 0.05) is 8.95 Å². The van der Waals surface area contributed by atoms with Crippen molar-refractivity contribution in [2.24, 2.45) is 0 Å². The topological polar surface area (TPSA) is 28.1 Å². The number of hydrogen-bond acceptors (Lipinski definition) is 1. The Kier molecular flexibility index (Phi) is 30.1. The van der Waals surface area contributed by atoms with Gasteiger partial charge in [0.2, 0.25) is 0 Å². The Morgan fingerprint density at radius 2 is 0.722 bits per heavy atom. The molecule has 0 unspecified atom stereocenters. The van der Waals surface area contributed by atoms with Gasteiger partial charge in [-0.3, -0.25) is 0 Å². The van der Waals surface area contributed by atoms with Crippen LogP contribution in [0.25, 0.3) is 155 Å². The van der Waals surface area contributed by atoms with E-state index < -0.39 is 16.1 Å². The fourth-order valence-electron chi connectivity index (χ4n) is 20.2. The zero-order chi connectivity index (χ0) is 89.4. The molecule has 0 amide bonds. The van der Waals surface area contributed by atoms with Crippen LogP contribution in [-0.4, -0.2) is 45.2 Å². The fourth-order valence-corrected chi connectivity index (χ4v) is 35.4. The van der Waals surface area contributed by atoms with Crippen LogP contribution >= 0.6 is 31.9 Å². The number of nitrogens with zero attached hydrogens (tertiary/aromatic N) is 2. The summed E-state index contributed by atoms with van der Waals surface area (Å²) >= 11 is 8.14. The number of benzene rings is 15. The first-order chi connectivity index (χ1) is 60.8. The molecule has 0 aliphatic carbocycles. The molecule has 2 nitrogen and oxygen atoms in total. The van der Waals surface area contributed by atoms with Crippen molar-refractivity contribution in [3.8, 4) is 29.0 Å². The molecule has 0 radical (unpaired) electrons. The van der Waals surface area contributed by atoms with E-state index in [2.05, 4.69) is 356 Å². The van der Waals surface area contributed by atoms with Gasteiger partial charge in [0.1, 0.15) is 11.6 Å². The molecule has 0 aliphatic rings. The number of rotatable bonds is 20. The number of hydrogen-bond donors (Lipinski definition) is 0. The molecule has 0 atom stereocenters. The SMILES string of the molecule is Brc1c2ccccc2c(Br)c2ccccc12.CC(C)[Si](C#Cc1c2cc3cc[se]c3cc2c(C#C[Si](C(C)C)(C(C)C)C(C)C)c2cc3cc[se]c3cc12)(C(C)C)C(C)C.CCCCc1cc(F)cc2cc3cc4cc5c(CCCC)cc(F)cc5cc4cc3cc12.[C-]#[N+]c1ccc2c(/C=C/CCCC)c3cc4cc(C#N)ccc4c(/C=C/CCCC)c3cc2c1. The Hall–Kier alpha value is -9.49. The number of allylic oxidation sites excluding steroid dienone is 2. The average molecular weight is 1950 g/mol. The van der Waals surface area contributed by atoms with Crippen molar-refractivity contribution >= 4 is 233 Å². The molecule has 0 fully saturated rings. The number of fused-ring (bicyclic) bond motifs is 13. The standard InChI is InChI=1S/C40H50Se2Si2.C32H30N2.C30H28F2.C14H8Br2/c1-25(2)43(26(3)4,27(5)6)19-15-33-35-21-31-13-17-42-40(31)24-38(35)34(16-20-44(28(7)8,29(9)10)30(11)12)36-22-32-14-18-41-39(32)23-37(33)36;1-4-6-8-10-12-29-27-16-14-23(22-33)18-24(27)20-31-30(13-11-9-7-5-2)28-17-15-26(34-3)19-25(28)21-32(29)31;1-3-5-7-19-13-27(31)15-25-11-21-10-24-18-30-20(8-6-4-2)14-28(32)16-26(30)12-22(24)9-23(21)17-29(19)25;15-13-9-5-1-2-6-10(9)14(16)12-8-4-3-7-11(12)13/h13-14,17-18,21-30H,1-12H3;10-21H,4-9H2,1-2H3;9-18H,3-8H2,1-2H3;1-8H/b;12-10+,13-11+;;. The predicted molar refractivity (Wildman–Crippen MR) is 564 cm³/mol. The van der Waals surface area contributed by atoms with Crippen molar-refractivity contribution in [2.75, 3.05) is 0 Å². The van der Waals surface area contributed by atoms with Crippen molar-refractivity contribution in [2.45, 2.75) is 221 Å². The summed E-state index contributed by atoms with van der Waals surface area (Å²) in [7, 11) is -3.84. The maximum Gasteiger partial charge on any atom is 0.187 e. The van der Waals surface area contributed by atoms with E-state index in [1.807, 2.05) is 24.3 Å². The quantitative estimate of drug-likeness (QED) is 0.0246. The van der Waals surface area contributed by atoms with Crippen LogP contribution in [0.4, 0.5) is 14.5 Å². The summed E-state index contributed by atoms with van der Waals surface area (Å²) in [5.74, 6) is 7.65. The van der Waals surface area contributed by atoms with Crippen LogP contribution < -0.4 is 0 Å².